The first kappa shape index (κ1) is 17.0. The van der Waals surface area contributed by atoms with Crippen LogP contribution in [-0.4, -0.2) is 40.1 Å². The molecule has 2 aromatic rings. The average Bonchev–Trinajstić information content (AvgIpc) is 3.23. The van der Waals surface area contributed by atoms with Gasteiger partial charge in [-0.2, -0.15) is 4.98 Å². The van der Waals surface area contributed by atoms with Crippen molar-refractivity contribution in [1.29, 1.82) is 0 Å². The van der Waals surface area contributed by atoms with Gasteiger partial charge in [0.1, 0.15) is 12.3 Å². The van der Waals surface area contributed by atoms with Crippen LogP contribution in [0, 0.1) is 6.92 Å². The lowest BCUT2D eigenvalue weighted by molar-refractivity contribution is -0.133. The quantitative estimate of drug-likeness (QED) is 0.882. The summed E-state index contributed by atoms with van der Waals surface area (Å²) in [5, 5.41) is 7.25. The summed E-state index contributed by atoms with van der Waals surface area (Å²) in [5.74, 6) is 2.19. The second-order valence-electron chi connectivity index (χ2n) is 6.96. The molecule has 3 heterocycles. The van der Waals surface area contributed by atoms with E-state index < -0.39 is 0 Å². The zero-order chi connectivity index (χ0) is 17.9. The van der Waals surface area contributed by atoms with Crippen molar-refractivity contribution in [3.63, 3.8) is 0 Å². The molecule has 138 valence electrons. The largest absolute Gasteiger partial charge is 0.493 e. The van der Waals surface area contributed by atoms with E-state index in [4.69, 9.17) is 9.26 Å². The number of likely N-dealkylation sites (tertiary alicyclic amines) is 1. The Labute approximate surface area is 152 Å². The molecule has 0 bridgehead atoms. The minimum absolute atomic E-state index is 0.114. The molecule has 1 aromatic carbocycles. The summed E-state index contributed by atoms with van der Waals surface area (Å²) in [4.78, 5) is 19.0. The summed E-state index contributed by atoms with van der Waals surface area (Å²) in [7, 11) is 0. The normalized spacial score (nSPS) is 20.0. The number of benzene rings is 1. The molecule has 2 aliphatic rings. The average molecular weight is 356 g/mol. The molecule has 1 atom stereocenters. The third kappa shape index (κ3) is 3.72. The third-order valence-electron chi connectivity index (χ3n) is 4.98. The highest BCUT2D eigenvalue weighted by Crippen LogP contribution is 2.26. The molecule has 0 radical (unpaired) electrons. The number of ether oxygens (including phenoxy) is 1. The number of hydrogen-bond donors (Lipinski definition) is 1. The van der Waals surface area contributed by atoms with Gasteiger partial charge in [0.2, 0.25) is 11.8 Å². The Morgan fingerprint density at radius 2 is 2.27 bits per heavy atom. The molecular formula is C19H24N4O3. The minimum Gasteiger partial charge on any atom is -0.493 e. The van der Waals surface area contributed by atoms with Gasteiger partial charge in [-0.1, -0.05) is 17.3 Å². The van der Waals surface area contributed by atoms with Crippen molar-refractivity contribution < 1.29 is 14.1 Å². The summed E-state index contributed by atoms with van der Waals surface area (Å²) >= 11 is 0. The number of nitrogens with one attached hydrogen (secondary N) is 1. The van der Waals surface area contributed by atoms with E-state index in [9.17, 15) is 4.79 Å². The van der Waals surface area contributed by atoms with Crippen LogP contribution in [0.1, 0.15) is 42.1 Å². The molecule has 0 aliphatic carbocycles. The third-order valence-corrected chi connectivity index (χ3v) is 4.98. The molecule has 7 heteroatoms. The lowest BCUT2D eigenvalue weighted by Crippen LogP contribution is -2.44. The van der Waals surface area contributed by atoms with Gasteiger partial charge in [-0.15, -0.1) is 0 Å². The molecule has 1 amide bonds. The second-order valence-corrected chi connectivity index (χ2v) is 6.96. The Morgan fingerprint density at radius 3 is 3.12 bits per heavy atom. The monoisotopic (exact) mass is 356 g/mol. The van der Waals surface area contributed by atoms with Crippen LogP contribution >= 0.6 is 0 Å². The van der Waals surface area contributed by atoms with Crippen molar-refractivity contribution in [1.82, 2.24) is 20.4 Å². The molecule has 1 N–H and O–H groups in total. The first-order valence-electron chi connectivity index (χ1n) is 9.25. The topological polar surface area (TPSA) is 80.5 Å². The molecule has 2 aliphatic heterocycles. The molecular weight excluding hydrogens is 332 g/mol. The number of rotatable bonds is 5. The Kier molecular flexibility index (Phi) is 4.88. The van der Waals surface area contributed by atoms with Crippen LogP contribution in [0.2, 0.25) is 0 Å². The van der Waals surface area contributed by atoms with Gasteiger partial charge in [-0.05, 0) is 43.4 Å². The van der Waals surface area contributed by atoms with Gasteiger partial charge >= 0.3 is 0 Å². The number of aromatic nitrogens is 2. The highest BCUT2D eigenvalue weighted by molar-refractivity contribution is 5.82. The van der Waals surface area contributed by atoms with Crippen LogP contribution in [0.5, 0.6) is 5.75 Å². The number of nitrogens with zero attached hydrogens (tertiary/aromatic N) is 3. The number of amides is 1. The number of carbonyl (C=O) groups is 1. The Hall–Kier alpha value is -2.41. The predicted octanol–water partition coefficient (Wildman–Crippen LogP) is 1.98. The first-order chi connectivity index (χ1) is 12.7. The number of carbonyl (C=O) groups excluding carboxylic acids is 1. The van der Waals surface area contributed by atoms with Gasteiger partial charge in [0, 0.05) is 19.5 Å². The lowest BCUT2D eigenvalue weighted by Gasteiger charge is -2.23. The maximum absolute atomic E-state index is 12.9. The Bertz CT molecular complexity index is 789. The molecule has 1 saturated heterocycles. The second kappa shape index (κ2) is 7.45. The fourth-order valence-corrected chi connectivity index (χ4v) is 3.61. The highest BCUT2D eigenvalue weighted by atomic mass is 16.5. The van der Waals surface area contributed by atoms with Crippen LogP contribution in [0.3, 0.4) is 0 Å². The van der Waals surface area contributed by atoms with Crippen LogP contribution in [0.4, 0.5) is 0 Å². The van der Waals surface area contributed by atoms with E-state index in [2.05, 4.69) is 27.6 Å². The lowest BCUT2D eigenvalue weighted by atomic mass is 10.1. The molecule has 4 rings (SSSR count). The van der Waals surface area contributed by atoms with E-state index in [1.54, 1.807) is 6.92 Å². The standard InChI is InChI=1S/C19H24N4O3/c1-13-21-18(26-22-13)12-23-8-3-2-4-16(19(23)24)20-11-14-5-6-17-15(10-14)7-9-25-17/h5-6,10,16,20H,2-4,7-9,11-12H2,1H3. The van der Waals surface area contributed by atoms with Crippen LogP contribution < -0.4 is 10.1 Å². The fraction of sp³-hybridized carbons (Fsp3) is 0.526. The smallest absolute Gasteiger partial charge is 0.246 e. The van der Waals surface area contributed by atoms with Crippen molar-refractivity contribution in [3.8, 4) is 5.75 Å². The molecule has 1 unspecified atom stereocenters. The zero-order valence-corrected chi connectivity index (χ0v) is 15.0. The zero-order valence-electron chi connectivity index (χ0n) is 15.0. The van der Waals surface area contributed by atoms with Crippen molar-refractivity contribution in [2.45, 2.75) is 51.7 Å². The van der Waals surface area contributed by atoms with E-state index in [1.807, 2.05) is 11.0 Å². The van der Waals surface area contributed by atoms with Gasteiger partial charge in [0.05, 0.1) is 12.6 Å². The van der Waals surface area contributed by atoms with Crippen molar-refractivity contribution >= 4 is 5.91 Å². The van der Waals surface area contributed by atoms with E-state index in [0.29, 0.717) is 24.8 Å². The number of fused-ring (bicyclic) bond motifs is 1. The minimum atomic E-state index is -0.175. The van der Waals surface area contributed by atoms with Gasteiger partial charge in [0.15, 0.2) is 5.82 Å². The van der Waals surface area contributed by atoms with Crippen LogP contribution in [0.25, 0.3) is 0 Å². The fourth-order valence-electron chi connectivity index (χ4n) is 3.61. The number of hydrogen-bond acceptors (Lipinski definition) is 6. The van der Waals surface area contributed by atoms with Crippen LogP contribution in [-0.2, 0) is 24.3 Å². The molecule has 0 spiro atoms. The first-order valence-corrected chi connectivity index (χ1v) is 9.25. The highest BCUT2D eigenvalue weighted by Gasteiger charge is 2.28. The van der Waals surface area contributed by atoms with Crippen molar-refractivity contribution in [3.05, 3.63) is 41.0 Å². The van der Waals surface area contributed by atoms with Gasteiger partial charge in [-0.3, -0.25) is 4.79 Å². The summed E-state index contributed by atoms with van der Waals surface area (Å²) in [6, 6.07) is 6.09. The summed E-state index contributed by atoms with van der Waals surface area (Å²) in [5.41, 5.74) is 2.44. The molecule has 1 aromatic heterocycles. The van der Waals surface area contributed by atoms with Gasteiger partial charge < -0.3 is 19.5 Å². The Morgan fingerprint density at radius 1 is 1.35 bits per heavy atom. The van der Waals surface area contributed by atoms with Gasteiger partial charge in [-0.25, -0.2) is 0 Å². The summed E-state index contributed by atoms with van der Waals surface area (Å²) < 4.78 is 10.7. The van der Waals surface area contributed by atoms with Crippen molar-refractivity contribution in [2.24, 2.45) is 0 Å². The SMILES string of the molecule is Cc1noc(CN2CCCCC(NCc3ccc4c(c3)CCO4)C2=O)n1. The maximum atomic E-state index is 12.9. The molecule has 1 fully saturated rings. The van der Waals surface area contributed by atoms with E-state index >= 15 is 0 Å². The predicted molar refractivity (Wildman–Crippen MR) is 94.6 cm³/mol. The Balaban J connectivity index is 1.39. The van der Waals surface area contributed by atoms with Crippen molar-refractivity contribution in [2.75, 3.05) is 13.2 Å². The molecule has 26 heavy (non-hydrogen) atoms. The summed E-state index contributed by atoms with van der Waals surface area (Å²) in [6.45, 7) is 4.33. The van der Waals surface area contributed by atoms with E-state index in [0.717, 1.165) is 44.6 Å². The molecule has 0 saturated carbocycles. The van der Waals surface area contributed by atoms with E-state index in [1.165, 1.54) is 11.1 Å². The van der Waals surface area contributed by atoms with Gasteiger partial charge in [0.25, 0.3) is 0 Å². The number of aryl methyl sites for hydroxylation is 1. The maximum Gasteiger partial charge on any atom is 0.246 e. The van der Waals surface area contributed by atoms with Crippen LogP contribution in [0.15, 0.2) is 22.7 Å². The summed E-state index contributed by atoms with van der Waals surface area (Å²) in [6.07, 6.45) is 3.84. The van der Waals surface area contributed by atoms with E-state index in [-0.39, 0.29) is 11.9 Å². The molecule has 7 nitrogen and oxygen atoms in total.